The van der Waals surface area contributed by atoms with E-state index >= 15 is 0 Å². The normalized spacial score (nSPS) is 11.5. The summed E-state index contributed by atoms with van der Waals surface area (Å²) >= 11 is 9.76. The SMILES string of the molecule is CC(C)(CS)COc1ccc(Cl)c(F)c1. The number of benzene rings is 1. The topological polar surface area (TPSA) is 9.23 Å². The fourth-order valence-electron chi connectivity index (χ4n) is 0.891. The van der Waals surface area contributed by atoms with E-state index in [0.717, 1.165) is 0 Å². The summed E-state index contributed by atoms with van der Waals surface area (Å²) < 4.78 is 18.5. The average molecular weight is 249 g/mol. The zero-order valence-electron chi connectivity index (χ0n) is 8.76. The maximum Gasteiger partial charge on any atom is 0.145 e. The Balaban J connectivity index is 2.62. The third kappa shape index (κ3) is 3.92. The van der Waals surface area contributed by atoms with Crippen LogP contribution >= 0.6 is 24.2 Å². The third-order valence-corrected chi connectivity index (χ3v) is 3.11. The van der Waals surface area contributed by atoms with Crippen molar-refractivity contribution in [3.05, 3.63) is 29.0 Å². The van der Waals surface area contributed by atoms with E-state index < -0.39 is 5.82 Å². The van der Waals surface area contributed by atoms with Crippen LogP contribution in [0.5, 0.6) is 5.75 Å². The van der Waals surface area contributed by atoms with Gasteiger partial charge in [0.05, 0.1) is 11.6 Å². The molecule has 15 heavy (non-hydrogen) atoms. The van der Waals surface area contributed by atoms with Crippen molar-refractivity contribution in [3.8, 4) is 5.75 Å². The largest absolute Gasteiger partial charge is 0.493 e. The molecule has 0 aliphatic heterocycles. The molecule has 0 aliphatic rings. The van der Waals surface area contributed by atoms with Crippen LogP contribution < -0.4 is 4.74 Å². The predicted molar refractivity (Wildman–Crippen MR) is 64.5 cm³/mol. The van der Waals surface area contributed by atoms with Gasteiger partial charge in [0.25, 0.3) is 0 Å². The molecule has 0 atom stereocenters. The molecule has 0 bridgehead atoms. The quantitative estimate of drug-likeness (QED) is 0.798. The Morgan fingerprint density at radius 2 is 2.13 bits per heavy atom. The monoisotopic (exact) mass is 248 g/mol. The van der Waals surface area contributed by atoms with Crippen molar-refractivity contribution in [3.63, 3.8) is 0 Å². The molecule has 0 saturated carbocycles. The number of thiol groups is 1. The smallest absolute Gasteiger partial charge is 0.145 e. The second-order valence-corrected chi connectivity index (χ2v) is 4.91. The molecule has 0 N–H and O–H groups in total. The maximum atomic E-state index is 13.1. The van der Waals surface area contributed by atoms with E-state index in [2.05, 4.69) is 12.6 Å². The van der Waals surface area contributed by atoms with Crippen molar-refractivity contribution >= 4 is 24.2 Å². The minimum absolute atomic E-state index is 0.0285. The molecule has 0 radical (unpaired) electrons. The van der Waals surface area contributed by atoms with Crippen LogP contribution in [-0.2, 0) is 0 Å². The number of rotatable bonds is 4. The Labute approximate surface area is 100.0 Å². The Morgan fingerprint density at radius 3 is 2.67 bits per heavy atom. The van der Waals surface area contributed by atoms with Crippen molar-refractivity contribution < 1.29 is 9.13 Å². The number of ether oxygens (including phenoxy) is 1. The average Bonchev–Trinajstić information content (AvgIpc) is 2.20. The Hall–Kier alpha value is -0.410. The van der Waals surface area contributed by atoms with Gasteiger partial charge in [-0.15, -0.1) is 0 Å². The summed E-state index contributed by atoms with van der Waals surface area (Å²) in [6.07, 6.45) is 0. The van der Waals surface area contributed by atoms with Gasteiger partial charge in [0.1, 0.15) is 11.6 Å². The van der Waals surface area contributed by atoms with E-state index in [-0.39, 0.29) is 10.4 Å². The lowest BCUT2D eigenvalue weighted by Gasteiger charge is -2.22. The lowest BCUT2D eigenvalue weighted by molar-refractivity contribution is 0.201. The lowest BCUT2D eigenvalue weighted by Crippen LogP contribution is -2.23. The van der Waals surface area contributed by atoms with Crippen molar-refractivity contribution in [2.45, 2.75) is 13.8 Å². The van der Waals surface area contributed by atoms with Crippen molar-refractivity contribution in [2.75, 3.05) is 12.4 Å². The summed E-state index contributed by atoms with van der Waals surface area (Å²) in [5.41, 5.74) is -0.0285. The second-order valence-electron chi connectivity index (χ2n) is 4.19. The van der Waals surface area contributed by atoms with Gasteiger partial charge in [-0.3, -0.25) is 0 Å². The van der Waals surface area contributed by atoms with E-state index in [0.29, 0.717) is 18.1 Å². The first-order valence-electron chi connectivity index (χ1n) is 4.63. The standard InChI is InChI=1S/C11H14ClFOS/c1-11(2,7-15)6-14-8-3-4-9(12)10(13)5-8/h3-5,15H,6-7H2,1-2H3. The van der Waals surface area contributed by atoms with E-state index in [1.165, 1.54) is 12.1 Å². The summed E-state index contributed by atoms with van der Waals surface area (Å²) in [5.74, 6) is 0.743. The molecule has 4 heteroatoms. The van der Waals surface area contributed by atoms with Gasteiger partial charge >= 0.3 is 0 Å². The fourth-order valence-corrected chi connectivity index (χ4v) is 1.10. The van der Waals surface area contributed by atoms with Crippen LogP contribution in [0.3, 0.4) is 0 Å². The van der Waals surface area contributed by atoms with Crippen LogP contribution in [0.25, 0.3) is 0 Å². The first-order valence-corrected chi connectivity index (χ1v) is 5.64. The van der Waals surface area contributed by atoms with Gasteiger partial charge in [0.15, 0.2) is 0 Å². The van der Waals surface area contributed by atoms with Gasteiger partial charge in [0, 0.05) is 11.5 Å². The molecule has 84 valence electrons. The summed E-state index contributed by atoms with van der Waals surface area (Å²) in [7, 11) is 0. The third-order valence-electron chi connectivity index (χ3n) is 1.95. The van der Waals surface area contributed by atoms with Crippen LogP contribution in [-0.4, -0.2) is 12.4 Å². The Kier molecular flexibility index (Phi) is 4.29. The van der Waals surface area contributed by atoms with E-state index in [1.54, 1.807) is 6.07 Å². The number of halogens is 2. The number of hydrogen-bond acceptors (Lipinski definition) is 2. The van der Waals surface area contributed by atoms with Crippen LogP contribution in [0.1, 0.15) is 13.8 Å². The summed E-state index contributed by atoms with van der Waals surface area (Å²) in [6, 6.07) is 4.43. The first kappa shape index (κ1) is 12.7. The molecule has 0 amide bonds. The Morgan fingerprint density at radius 1 is 1.47 bits per heavy atom. The van der Waals surface area contributed by atoms with Gasteiger partial charge in [0.2, 0.25) is 0 Å². The predicted octanol–water partition coefficient (Wildman–Crippen LogP) is 3.81. The molecule has 1 nitrogen and oxygen atoms in total. The van der Waals surface area contributed by atoms with E-state index in [4.69, 9.17) is 16.3 Å². The van der Waals surface area contributed by atoms with E-state index in [1.807, 2.05) is 13.8 Å². The van der Waals surface area contributed by atoms with E-state index in [9.17, 15) is 4.39 Å². The van der Waals surface area contributed by atoms with Gasteiger partial charge in [-0.1, -0.05) is 25.4 Å². The van der Waals surface area contributed by atoms with Crippen LogP contribution in [0.15, 0.2) is 18.2 Å². The molecule has 0 aromatic heterocycles. The highest BCUT2D eigenvalue weighted by Gasteiger charge is 2.16. The zero-order chi connectivity index (χ0) is 11.5. The molecular weight excluding hydrogens is 235 g/mol. The lowest BCUT2D eigenvalue weighted by atomic mass is 9.98. The summed E-state index contributed by atoms with van der Waals surface area (Å²) in [4.78, 5) is 0. The molecule has 0 saturated heterocycles. The zero-order valence-corrected chi connectivity index (χ0v) is 10.4. The molecule has 0 fully saturated rings. The molecule has 1 aromatic carbocycles. The van der Waals surface area contributed by atoms with Gasteiger partial charge < -0.3 is 4.74 Å². The van der Waals surface area contributed by atoms with Crippen molar-refractivity contribution in [1.82, 2.24) is 0 Å². The Bertz CT molecular complexity index is 341. The van der Waals surface area contributed by atoms with Crippen LogP contribution in [0.2, 0.25) is 5.02 Å². The maximum absolute atomic E-state index is 13.1. The highest BCUT2D eigenvalue weighted by atomic mass is 35.5. The summed E-state index contributed by atoms with van der Waals surface area (Å²) in [6.45, 7) is 4.57. The molecule has 0 spiro atoms. The van der Waals surface area contributed by atoms with Gasteiger partial charge in [-0.2, -0.15) is 12.6 Å². The summed E-state index contributed by atoms with van der Waals surface area (Å²) in [5, 5.41) is 0.107. The van der Waals surface area contributed by atoms with Crippen LogP contribution in [0.4, 0.5) is 4.39 Å². The van der Waals surface area contributed by atoms with Crippen molar-refractivity contribution in [2.24, 2.45) is 5.41 Å². The molecule has 1 aromatic rings. The molecular formula is C11H14ClFOS. The molecule has 0 heterocycles. The van der Waals surface area contributed by atoms with Crippen molar-refractivity contribution in [1.29, 1.82) is 0 Å². The highest BCUT2D eigenvalue weighted by Crippen LogP contribution is 2.23. The minimum atomic E-state index is -0.460. The molecule has 1 rings (SSSR count). The minimum Gasteiger partial charge on any atom is -0.493 e. The van der Waals surface area contributed by atoms with Crippen LogP contribution in [0, 0.1) is 11.2 Å². The molecule has 0 aliphatic carbocycles. The number of hydrogen-bond donors (Lipinski definition) is 1. The first-order chi connectivity index (χ1) is 6.94. The van der Waals surface area contributed by atoms with Gasteiger partial charge in [-0.25, -0.2) is 4.39 Å². The van der Waals surface area contributed by atoms with Gasteiger partial charge in [-0.05, 0) is 17.9 Å². The highest BCUT2D eigenvalue weighted by molar-refractivity contribution is 7.80. The fraction of sp³-hybridized carbons (Fsp3) is 0.455. The molecule has 0 unspecified atom stereocenters. The second kappa shape index (κ2) is 5.08.